The van der Waals surface area contributed by atoms with E-state index in [1.54, 1.807) is 24.3 Å². The molecule has 1 aromatic heterocycles. The number of nitrogens with zero attached hydrogens (tertiary/aromatic N) is 2. The van der Waals surface area contributed by atoms with Gasteiger partial charge in [-0.25, -0.2) is 4.68 Å². The third-order valence-corrected chi connectivity index (χ3v) is 5.72. The monoisotopic (exact) mass is 399 g/mol. The number of rotatable bonds is 2. The number of halogens is 1. The lowest BCUT2D eigenvalue weighted by Crippen LogP contribution is -2.46. The van der Waals surface area contributed by atoms with Crippen molar-refractivity contribution >= 4 is 34.6 Å². The molecule has 0 atom stereocenters. The fourth-order valence-corrected chi connectivity index (χ4v) is 4.33. The van der Waals surface area contributed by atoms with Gasteiger partial charge in [-0.3, -0.25) is 10.2 Å². The highest BCUT2D eigenvalue weighted by Crippen LogP contribution is 2.39. The second kappa shape index (κ2) is 6.55. The van der Waals surface area contributed by atoms with Gasteiger partial charge in [0.05, 0.1) is 5.56 Å². The van der Waals surface area contributed by atoms with Gasteiger partial charge in [0.2, 0.25) is 0 Å². The first kappa shape index (κ1) is 17.8. The molecule has 4 N–H and O–H groups in total. The van der Waals surface area contributed by atoms with Crippen LogP contribution in [0.1, 0.15) is 43.2 Å². The maximum Gasteiger partial charge on any atom is 0.289 e. The van der Waals surface area contributed by atoms with Crippen molar-refractivity contribution in [3.05, 3.63) is 50.8 Å². The summed E-state index contributed by atoms with van der Waals surface area (Å²) in [5.74, 6) is 0.526. The Morgan fingerprint density at radius 2 is 1.93 bits per heavy atom. The van der Waals surface area contributed by atoms with Crippen LogP contribution in [-0.4, -0.2) is 15.3 Å². The minimum absolute atomic E-state index is 0.00559. The smallest absolute Gasteiger partial charge is 0.289 e. The molecule has 0 radical (unpaired) electrons. The van der Waals surface area contributed by atoms with Crippen molar-refractivity contribution in [3.63, 3.8) is 0 Å². The lowest BCUT2D eigenvalue weighted by Gasteiger charge is -2.33. The molecule has 1 spiro atoms. The van der Waals surface area contributed by atoms with E-state index in [0.29, 0.717) is 27.5 Å². The van der Waals surface area contributed by atoms with Crippen LogP contribution in [0, 0.1) is 11.3 Å². The van der Waals surface area contributed by atoms with Crippen LogP contribution >= 0.6 is 23.8 Å². The number of thiocarbonyl (C=S) groups is 1. The zero-order valence-corrected chi connectivity index (χ0v) is 16.1. The Morgan fingerprint density at radius 3 is 2.52 bits per heavy atom. The summed E-state index contributed by atoms with van der Waals surface area (Å²) >= 11 is 11.3. The molecule has 0 amide bonds. The van der Waals surface area contributed by atoms with E-state index in [2.05, 4.69) is 10.7 Å². The molecule has 0 unspecified atom stereocenters. The molecule has 1 saturated carbocycles. The van der Waals surface area contributed by atoms with Crippen molar-refractivity contribution < 1.29 is 0 Å². The van der Waals surface area contributed by atoms with Crippen molar-refractivity contribution in [2.75, 3.05) is 10.7 Å². The fraction of sp³-hybridized carbons (Fsp3) is 0.316. The third-order valence-electron chi connectivity index (χ3n) is 5.26. The molecule has 1 aliphatic heterocycles. The Morgan fingerprint density at radius 1 is 1.26 bits per heavy atom. The first-order valence-electron chi connectivity index (χ1n) is 8.81. The molecule has 4 rings (SSSR count). The van der Waals surface area contributed by atoms with E-state index in [0.717, 1.165) is 32.1 Å². The average Bonchev–Trinajstić information content (AvgIpc) is 3.01. The molecule has 2 aliphatic rings. The summed E-state index contributed by atoms with van der Waals surface area (Å²) in [6, 6.07) is 8.98. The van der Waals surface area contributed by atoms with Gasteiger partial charge in [0.25, 0.3) is 5.56 Å². The predicted molar refractivity (Wildman–Crippen MR) is 111 cm³/mol. The van der Waals surface area contributed by atoms with E-state index in [4.69, 9.17) is 29.6 Å². The van der Waals surface area contributed by atoms with Crippen molar-refractivity contribution in [1.82, 2.24) is 4.68 Å². The summed E-state index contributed by atoms with van der Waals surface area (Å²) in [7, 11) is 0. The molecular weight excluding hydrogens is 382 g/mol. The minimum Gasteiger partial charge on any atom is -0.389 e. The number of benzene rings is 1. The van der Waals surface area contributed by atoms with Gasteiger partial charge in [-0.05, 0) is 43.4 Å². The summed E-state index contributed by atoms with van der Waals surface area (Å²) in [5, 5.41) is 13.8. The largest absolute Gasteiger partial charge is 0.389 e. The number of hydrogen-bond donors (Lipinski definition) is 3. The van der Waals surface area contributed by atoms with E-state index in [1.807, 2.05) is 6.07 Å². The molecule has 2 aromatic rings. The minimum atomic E-state index is -0.410. The second-order valence-electron chi connectivity index (χ2n) is 6.98. The van der Waals surface area contributed by atoms with Gasteiger partial charge in [0.15, 0.2) is 0 Å². The Kier molecular flexibility index (Phi) is 4.33. The summed E-state index contributed by atoms with van der Waals surface area (Å²) in [4.78, 5) is 13.2. The van der Waals surface area contributed by atoms with Gasteiger partial charge >= 0.3 is 0 Å². The van der Waals surface area contributed by atoms with Crippen molar-refractivity contribution in [2.24, 2.45) is 5.73 Å². The van der Waals surface area contributed by atoms with Crippen molar-refractivity contribution in [3.8, 4) is 17.2 Å². The zero-order chi connectivity index (χ0) is 19.2. The van der Waals surface area contributed by atoms with Crippen molar-refractivity contribution in [1.29, 1.82) is 5.26 Å². The van der Waals surface area contributed by atoms with E-state index in [9.17, 15) is 10.1 Å². The summed E-state index contributed by atoms with van der Waals surface area (Å²) < 4.78 is 1.40. The van der Waals surface area contributed by atoms with Crippen LogP contribution in [0.15, 0.2) is 29.1 Å². The van der Waals surface area contributed by atoms with E-state index in [-0.39, 0.29) is 10.6 Å². The van der Waals surface area contributed by atoms with Gasteiger partial charge in [-0.15, -0.1) is 0 Å². The number of nitrogens with two attached hydrogens (primary N) is 1. The van der Waals surface area contributed by atoms with Crippen LogP contribution in [0.4, 0.5) is 5.82 Å². The quantitative estimate of drug-likeness (QED) is 0.670. The first-order chi connectivity index (χ1) is 13.0. The standard InChI is InChI=1S/C19H18ClN5OS/c20-12-6-4-11(5-7-12)14-13(10-21)18(26)25-17(15(14)16(22)27)23-19(24-25)8-2-1-3-9-19/h4-7,23-24H,1-3,8-9H2,(H2,22,27). The molecule has 1 aliphatic carbocycles. The molecule has 1 aromatic carbocycles. The molecule has 138 valence electrons. The van der Waals surface area contributed by atoms with Gasteiger partial charge in [0, 0.05) is 10.6 Å². The number of nitriles is 1. The van der Waals surface area contributed by atoms with Crippen molar-refractivity contribution in [2.45, 2.75) is 37.8 Å². The van der Waals surface area contributed by atoms with E-state index < -0.39 is 11.2 Å². The molecule has 1 fully saturated rings. The van der Waals surface area contributed by atoms with Gasteiger partial charge in [0.1, 0.15) is 28.1 Å². The normalized spacial score (nSPS) is 16.9. The Labute approximate surface area is 166 Å². The number of aromatic nitrogens is 1. The van der Waals surface area contributed by atoms with Gasteiger partial charge in [-0.1, -0.05) is 42.4 Å². The molecule has 6 nitrogen and oxygen atoms in total. The SMILES string of the molecule is N#Cc1c(-c2ccc(Cl)cc2)c(C(N)=S)c2n(c1=O)NC1(CCCCC1)N2. The lowest BCUT2D eigenvalue weighted by molar-refractivity contribution is 0.353. The van der Waals surface area contributed by atoms with Gasteiger partial charge < -0.3 is 11.1 Å². The molecule has 27 heavy (non-hydrogen) atoms. The summed E-state index contributed by atoms with van der Waals surface area (Å²) in [5.41, 5.74) is 10.1. The summed E-state index contributed by atoms with van der Waals surface area (Å²) in [6.45, 7) is 0. The first-order valence-corrected chi connectivity index (χ1v) is 9.60. The highest BCUT2D eigenvalue weighted by molar-refractivity contribution is 7.80. The number of fused-ring (bicyclic) bond motifs is 1. The van der Waals surface area contributed by atoms with Crippen LogP contribution in [-0.2, 0) is 0 Å². The van der Waals surface area contributed by atoms with Crippen LogP contribution in [0.2, 0.25) is 5.02 Å². The predicted octanol–water partition coefficient (Wildman–Crippen LogP) is 3.30. The Hall–Kier alpha value is -2.56. The molecule has 0 bridgehead atoms. The second-order valence-corrected chi connectivity index (χ2v) is 7.85. The van der Waals surface area contributed by atoms with Gasteiger partial charge in [-0.2, -0.15) is 5.26 Å². The summed E-state index contributed by atoms with van der Waals surface area (Å²) in [6.07, 6.45) is 5.03. The van der Waals surface area contributed by atoms with E-state index >= 15 is 0 Å². The molecule has 0 saturated heterocycles. The number of pyridine rings is 1. The number of hydrogen-bond acceptors (Lipinski definition) is 5. The van der Waals surface area contributed by atoms with Crippen LogP contribution in [0.25, 0.3) is 11.1 Å². The maximum absolute atomic E-state index is 13.1. The maximum atomic E-state index is 13.1. The lowest BCUT2D eigenvalue weighted by atomic mass is 9.89. The number of anilines is 1. The molecular formula is C19H18ClN5OS. The van der Waals surface area contributed by atoms with E-state index in [1.165, 1.54) is 4.68 Å². The molecule has 2 heterocycles. The average molecular weight is 400 g/mol. The zero-order valence-electron chi connectivity index (χ0n) is 14.5. The number of nitrogens with one attached hydrogen (secondary N) is 2. The topological polar surface area (TPSA) is 95.9 Å². The molecule has 8 heteroatoms. The Bertz CT molecular complexity index is 1030. The Balaban J connectivity index is 1.99. The highest BCUT2D eigenvalue weighted by Gasteiger charge is 2.41. The third kappa shape index (κ3) is 2.85. The van der Waals surface area contributed by atoms with Crippen LogP contribution in [0.3, 0.4) is 0 Å². The fourth-order valence-electron chi connectivity index (χ4n) is 4.01. The highest BCUT2D eigenvalue weighted by atomic mass is 35.5. The van der Waals surface area contributed by atoms with Crippen LogP contribution in [0.5, 0.6) is 0 Å². The van der Waals surface area contributed by atoms with Crippen LogP contribution < -0.4 is 22.0 Å².